The first-order valence-corrected chi connectivity index (χ1v) is 34.2. The molecule has 0 amide bonds. The van der Waals surface area contributed by atoms with Crippen LogP contribution in [-0.2, 0) is 28.6 Å². The third kappa shape index (κ3) is 65.1. The highest BCUT2D eigenvalue weighted by Gasteiger charge is 2.19. The summed E-state index contributed by atoms with van der Waals surface area (Å²) in [6, 6.07) is 0. The molecule has 0 bridgehead atoms. The highest BCUT2D eigenvalue weighted by Crippen LogP contribution is 2.17. The summed E-state index contributed by atoms with van der Waals surface area (Å²) in [5, 5.41) is 0. The van der Waals surface area contributed by atoms with Crippen molar-refractivity contribution in [3.05, 3.63) is 97.2 Å². The molecule has 0 rings (SSSR count). The number of allylic oxidation sites excluding steroid dienone is 16. The molecule has 0 heterocycles. The Balaban J connectivity index is 4.08. The molecule has 0 aliphatic rings. The molecule has 0 aliphatic carbocycles. The van der Waals surface area contributed by atoms with Crippen molar-refractivity contribution in [1.29, 1.82) is 0 Å². The van der Waals surface area contributed by atoms with Gasteiger partial charge in [-0.3, -0.25) is 14.4 Å². The molecule has 0 saturated carbocycles. The van der Waals surface area contributed by atoms with Crippen LogP contribution in [0.1, 0.15) is 335 Å². The normalized spacial score (nSPS) is 12.7. The highest BCUT2D eigenvalue weighted by atomic mass is 16.6. The SMILES string of the molecule is CC/C=C\C/C=C\C/C=C\C/C=C\CCCCCCCCCCCCCCCCCCCCCCCCC(=O)OCC(COC(=O)CCCCCCC/C=C\CCCCC)OC(=O)CCCCCCC/C=C\C/C=C\C/C=C\CC. The van der Waals surface area contributed by atoms with E-state index in [1.807, 2.05) is 0 Å². The van der Waals surface area contributed by atoms with Crippen molar-refractivity contribution >= 4 is 17.9 Å². The van der Waals surface area contributed by atoms with Gasteiger partial charge < -0.3 is 14.2 Å². The molecule has 6 heteroatoms. The number of rotatable bonds is 62. The Morgan fingerprint density at radius 2 is 0.487 bits per heavy atom. The Bertz CT molecular complexity index is 1560. The maximum Gasteiger partial charge on any atom is 0.306 e. The van der Waals surface area contributed by atoms with Crippen molar-refractivity contribution in [1.82, 2.24) is 0 Å². The Hall–Kier alpha value is -3.67. The maximum absolute atomic E-state index is 12.9. The van der Waals surface area contributed by atoms with Crippen LogP contribution in [0.5, 0.6) is 0 Å². The predicted molar refractivity (Wildman–Crippen MR) is 348 cm³/mol. The van der Waals surface area contributed by atoms with Gasteiger partial charge in [0.25, 0.3) is 0 Å². The maximum atomic E-state index is 12.9. The molecule has 0 fully saturated rings. The van der Waals surface area contributed by atoms with Gasteiger partial charge in [0.15, 0.2) is 6.10 Å². The van der Waals surface area contributed by atoms with E-state index in [1.54, 1.807) is 0 Å². The molecular weight excluding hydrogens is 985 g/mol. The second kappa shape index (κ2) is 67.8. The van der Waals surface area contributed by atoms with Crippen LogP contribution in [0, 0.1) is 0 Å². The first-order chi connectivity index (χ1) is 39.5. The fourth-order valence-corrected chi connectivity index (χ4v) is 9.74. The number of hydrogen-bond acceptors (Lipinski definition) is 6. The molecule has 0 aromatic rings. The number of ether oxygens (including phenoxy) is 3. The van der Waals surface area contributed by atoms with E-state index >= 15 is 0 Å². The Labute approximate surface area is 496 Å². The molecule has 0 spiro atoms. The number of esters is 3. The summed E-state index contributed by atoms with van der Waals surface area (Å²) < 4.78 is 16.9. The molecule has 0 aliphatic heterocycles. The minimum absolute atomic E-state index is 0.0834. The third-order valence-electron chi connectivity index (χ3n) is 14.8. The van der Waals surface area contributed by atoms with Crippen molar-refractivity contribution in [3.8, 4) is 0 Å². The van der Waals surface area contributed by atoms with Crippen LogP contribution in [0.4, 0.5) is 0 Å². The Morgan fingerprint density at radius 3 is 0.775 bits per heavy atom. The van der Waals surface area contributed by atoms with Crippen LogP contribution in [0.25, 0.3) is 0 Å². The van der Waals surface area contributed by atoms with Crippen molar-refractivity contribution in [2.45, 2.75) is 341 Å². The van der Waals surface area contributed by atoms with E-state index in [0.717, 1.165) is 128 Å². The lowest BCUT2D eigenvalue weighted by atomic mass is 10.0. The van der Waals surface area contributed by atoms with E-state index in [0.29, 0.717) is 19.3 Å². The second-order valence-corrected chi connectivity index (χ2v) is 22.7. The molecule has 0 aromatic carbocycles. The highest BCUT2D eigenvalue weighted by molar-refractivity contribution is 5.71. The van der Waals surface area contributed by atoms with Crippen molar-refractivity contribution < 1.29 is 28.6 Å². The number of unbranched alkanes of at least 4 members (excludes halogenated alkanes) is 35. The van der Waals surface area contributed by atoms with E-state index in [4.69, 9.17) is 14.2 Å². The van der Waals surface area contributed by atoms with Crippen LogP contribution < -0.4 is 0 Å². The summed E-state index contributed by atoms with van der Waals surface area (Å²) in [6.45, 7) is 6.40. The van der Waals surface area contributed by atoms with Gasteiger partial charge in [-0.2, -0.15) is 0 Å². The number of hydrogen-bond donors (Lipinski definition) is 0. The standard InChI is InChI=1S/C74H128O6/c1-4-7-10-13-16-19-22-25-27-28-29-30-31-32-33-34-35-36-37-38-39-40-41-42-43-44-45-46-48-49-52-55-58-61-64-67-73(76)79-70-71(69-78-72(75)66-63-60-57-54-51-24-21-18-15-12-9-6-3)80-74(77)68-65-62-59-56-53-50-47-26-23-20-17-14-11-8-5-2/h7-8,10-11,16-21,25-27,29-30,47,71H,4-6,9,12-15,22-24,28,31-46,48-70H2,1-3H3/b10-7-,11-8-,19-16-,20-17-,21-18-,27-25-,30-29-,47-26-. The monoisotopic (exact) mass is 1110 g/mol. The molecule has 1 unspecified atom stereocenters. The topological polar surface area (TPSA) is 78.9 Å². The van der Waals surface area contributed by atoms with Gasteiger partial charge in [0, 0.05) is 19.3 Å². The van der Waals surface area contributed by atoms with Gasteiger partial charge in [-0.15, -0.1) is 0 Å². The summed E-state index contributed by atoms with van der Waals surface area (Å²) in [7, 11) is 0. The minimum Gasteiger partial charge on any atom is -0.462 e. The van der Waals surface area contributed by atoms with Crippen LogP contribution in [0.3, 0.4) is 0 Å². The van der Waals surface area contributed by atoms with E-state index in [1.165, 1.54) is 167 Å². The Kier molecular flexibility index (Phi) is 64.7. The summed E-state index contributed by atoms with van der Waals surface area (Å²) in [5.74, 6) is -0.897. The molecule has 0 radical (unpaired) electrons. The van der Waals surface area contributed by atoms with Crippen LogP contribution >= 0.6 is 0 Å². The Morgan fingerprint density at radius 1 is 0.263 bits per heavy atom. The van der Waals surface area contributed by atoms with Gasteiger partial charge in [0.1, 0.15) is 13.2 Å². The zero-order chi connectivity index (χ0) is 57.8. The third-order valence-corrected chi connectivity index (χ3v) is 14.8. The molecule has 0 saturated heterocycles. The molecule has 80 heavy (non-hydrogen) atoms. The largest absolute Gasteiger partial charge is 0.462 e. The fraction of sp³-hybridized carbons (Fsp3) is 0.743. The van der Waals surface area contributed by atoms with Gasteiger partial charge in [-0.05, 0) is 116 Å². The van der Waals surface area contributed by atoms with Gasteiger partial charge >= 0.3 is 17.9 Å². The molecule has 460 valence electrons. The minimum atomic E-state index is -0.788. The average Bonchev–Trinajstić information content (AvgIpc) is 3.46. The molecule has 0 N–H and O–H groups in total. The van der Waals surface area contributed by atoms with E-state index in [2.05, 4.69) is 118 Å². The van der Waals surface area contributed by atoms with Crippen molar-refractivity contribution in [3.63, 3.8) is 0 Å². The van der Waals surface area contributed by atoms with Crippen molar-refractivity contribution in [2.75, 3.05) is 13.2 Å². The molecule has 1 atom stereocenters. The predicted octanol–water partition coefficient (Wildman–Crippen LogP) is 23.6. The van der Waals surface area contributed by atoms with E-state index < -0.39 is 6.10 Å². The number of carbonyl (C=O) groups excluding carboxylic acids is 3. The average molecular weight is 1110 g/mol. The van der Waals surface area contributed by atoms with Gasteiger partial charge in [0.05, 0.1) is 0 Å². The zero-order valence-electron chi connectivity index (χ0n) is 52.8. The molecular formula is C74H128O6. The quantitative estimate of drug-likeness (QED) is 0.0261. The summed E-state index contributed by atoms with van der Waals surface area (Å²) in [5.41, 5.74) is 0. The van der Waals surface area contributed by atoms with E-state index in [9.17, 15) is 14.4 Å². The van der Waals surface area contributed by atoms with Crippen molar-refractivity contribution in [2.24, 2.45) is 0 Å². The molecule has 0 aromatic heterocycles. The first kappa shape index (κ1) is 76.3. The fourth-order valence-electron chi connectivity index (χ4n) is 9.74. The van der Waals surface area contributed by atoms with E-state index in [-0.39, 0.29) is 31.1 Å². The van der Waals surface area contributed by atoms with Gasteiger partial charge in [0.2, 0.25) is 0 Å². The van der Waals surface area contributed by atoms with Gasteiger partial charge in [-0.25, -0.2) is 0 Å². The smallest absolute Gasteiger partial charge is 0.306 e. The number of carbonyl (C=O) groups is 3. The first-order valence-electron chi connectivity index (χ1n) is 34.2. The van der Waals surface area contributed by atoms with Crippen LogP contribution in [0.15, 0.2) is 97.2 Å². The lowest BCUT2D eigenvalue weighted by molar-refractivity contribution is -0.167. The van der Waals surface area contributed by atoms with Gasteiger partial charge in [-0.1, -0.05) is 298 Å². The van der Waals surface area contributed by atoms with Crippen LogP contribution in [0.2, 0.25) is 0 Å². The second-order valence-electron chi connectivity index (χ2n) is 22.7. The van der Waals surface area contributed by atoms with Crippen LogP contribution in [-0.4, -0.2) is 37.2 Å². The summed E-state index contributed by atoms with van der Waals surface area (Å²) in [6.07, 6.45) is 91.7. The zero-order valence-corrected chi connectivity index (χ0v) is 52.8. The lowest BCUT2D eigenvalue weighted by Crippen LogP contribution is -2.30. The lowest BCUT2D eigenvalue weighted by Gasteiger charge is -2.18. The summed E-state index contributed by atoms with van der Waals surface area (Å²) >= 11 is 0. The summed E-state index contributed by atoms with van der Waals surface area (Å²) in [4.78, 5) is 38.3. The molecule has 6 nitrogen and oxygen atoms in total.